The summed E-state index contributed by atoms with van der Waals surface area (Å²) in [6, 6.07) is 0. The Balaban J connectivity index is 2.54. The van der Waals surface area contributed by atoms with E-state index in [9.17, 15) is 14.2 Å². The van der Waals surface area contributed by atoms with Gasteiger partial charge in [0, 0.05) is 6.42 Å². The molecule has 0 heterocycles. The lowest BCUT2D eigenvalue weighted by Gasteiger charge is -2.22. The summed E-state index contributed by atoms with van der Waals surface area (Å²) in [6.07, 6.45) is 0.798. The van der Waals surface area contributed by atoms with Crippen LogP contribution < -0.4 is 0 Å². The fraction of sp³-hybridized carbons (Fsp3) is 0.857. The third kappa shape index (κ3) is 5.20. The van der Waals surface area contributed by atoms with Crippen LogP contribution in [-0.4, -0.2) is 37.7 Å². The van der Waals surface area contributed by atoms with Crippen LogP contribution in [0.3, 0.4) is 0 Å². The molecule has 0 bridgehead atoms. The molecule has 0 saturated heterocycles. The summed E-state index contributed by atoms with van der Waals surface area (Å²) in [4.78, 5) is 23.7. The number of hydrogen-bond acceptors (Lipinski definition) is 6. The van der Waals surface area contributed by atoms with Gasteiger partial charge in [0.05, 0.1) is 18.6 Å². The Hall–Kier alpha value is -0.710. The second-order valence-electron chi connectivity index (χ2n) is 5.76. The zero-order valence-electron chi connectivity index (χ0n) is 13.2. The van der Waals surface area contributed by atoms with Gasteiger partial charge < -0.3 is 13.8 Å². The standard InChI is InChI=1S/C14H25O6P/c1-5-19-21(17,20-6-2)9-13(16)18-10-14(4)8-11(3)7-12(14)15/h11H,5-10H2,1-4H3/t11-,14+/m1/s1. The summed E-state index contributed by atoms with van der Waals surface area (Å²) in [5, 5.41) is 0. The van der Waals surface area contributed by atoms with E-state index in [0.29, 0.717) is 18.8 Å². The van der Waals surface area contributed by atoms with Crippen molar-refractivity contribution < 1.29 is 27.9 Å². The van der Waals surface area contributed by atoms with Gasteiger partial charge in [-0.3, -0.25) is 14.2 Å². The summed E-state index contributed by atoms with van der Waals surface area (Å²) in [5.41, 5.74) is -0.629. The molecular weight excluding hydrogens is 295 g/mol. The van der Waals surface area contributed by atoms with E-state index in [-0.39, 0.29) is 25.6 Å². The van der Waals surface area contributed by atoms with Crippen LogP contribution in [0, 0.1) is 11.3 Å². The highest BCUT2D eigenvalue weighted by Gasteiger charge is 2.42. The quantitative estimate of drug-likeness (QED) is 0.505. The van der Waals surface area contributed by atoms with Gasteiger partial charge in [0.25, 0.3) is 0 Å². The van der Waals surface area contributed by atoms with Gasteiger partial charge in [-0.15, -0.1) is 0 Å². The number of esters is 1. The molecule has 1 saturated carbocycles. The fourth-order valence-electron chi connectivity index (χ4n) is 2.62. The topological polar surface area (TPSA) is 78.9 Å². The van der Waals surface area contributed by atoms with Gasteiger partial charge in [-0.2, -0.15) is 0 Å². The van der Waals surface area contributed by atoms with Crippen LogP contribution in [0.5, 0.6) is 0 Å². The summed E-state index contributed by atoms with van der Waals surface area (Å²) in [6.45, 7) is 7.57. The van der Waals surface area contributed by atoms with Crippen LogP contribution in [0.1, 0.15) is 40.5 Å². The van der Waals surface area contributed by atoms with Crippen LogP contribution in [0.25, 0.3) is 0 Å². The third-order valence-corrected chi connectivity index (χ3v) is 5.48. The minimum atomic E-state index is -3.45. The van der Waals surface area contributed by atoms with E-state index >= 15 is 0 Å². The second kappa shape index (κ2) is 7.52. The zero-order valence-corrected chi connectivity index (χ0v) is 14.1. The maximum Gasteiger partial charge on any atom is 0.341 e. The molecule has 0 aromatic carbocycles. The first kappa shape index (κ1) is 18.3. The van der Waals surface area contributed by atoms with Crippen LogP contribution in [0.4, 0.5) is 0 Å². The molecule has 0 aliphatic heterocycles. The average Bonchev–Trinajstić information content (AvgIpc) is 2.61. The Morgan fingerprint density at radius 1 is 1.33 bits per heavy atom. The van der Waals surface area contributed by atoms with Crippen molar-refractivity contribution in [1.82, 2.24) is 0 Å². The second-order valence-corrected chi connectivity index (χ2v) is 7.82. The molecule has 7 heteroatoms. The highest BCUT2D eigenvalue weighted by atomic mass is 31.2. The molecular formula is C14H25O6P. The average molecular weight is 320 g/mol. The van der Waals surface area contributed by atoms with E-state index in [1.54, 1.807) is 20.8 Å². The Bertz CT molecular complexity index is 425. The van der Waals surface area contributed by atoms with Gasteiger partial charge >= 0.3 is 13.6 Å². The van der Waals surface area contributed by atoms with E-state index in [4.69, 9.17) is 13.8 Å². The van der Waals surface area contributed by atoms with Gasteiger partial charge in [0.15, 0.2) is 0 Å². The summed E-state index contributed by atoms with van der Waals surface area (Å²) >= 11 is 0. The van der Waals surface area contributed by atoms with Crippen LogP contribution in [0.15, 0.2) is 0 Å². The largest absolute Gasteiger partial charge is 0.464 e. The molecule has 6 nitrogen and oxygen atoms in total. The number of ether oxygens (including phenoxy) is 1. The number of carbonyl (C=O) groups is 2. The number of rotatable bonds is 8. The SMILES string of the molecule is CCOP(=O)(CC(=O)OC[C@]1(C)C[C@H](C)CC1=O)OCC. The molecule has 0 radical (unpaired) electrons. The number of hydrogen-bond donors (Lipinski definition) is 0. The molecule has 21 heavy (non-hydrogen) atoms. The molecule has 0 aromatic heterocycles. The molecule has 0 N–H and O–H groups in total. The molecule has 1 rings (SSSR count). The minimum Gasteiger partial charge on any atom is -0.464 e. The van der Waals surface area contributed by atoms with E-state index in [0.717, 1.165) is 0 Å². The molecule has 2 atom stereocenters. The summed E-state index contributed by atoms with van der Waals surface area (Å²) in [5.74, 6) is -0.242. The van der Waals surface area contributed by atoms with Crippen molar-refractivity contribution in [2.75, 3.05) is 26.0 Å². The Kier molecular flexibility index (Phi) is 6.57. The Morgan fingerprint density at radius 3 is 2.33 bits per heavy atom. The van der Waals surface area contributed by atoms with Crippen LogP contribution in [-0.2, 0) is 27.9 Å². The monoisotopic (exact) mass is 320 g/mol. The van der Waals surface area contributed by atoms with Crippen LogP contribution >= 0.6 is 7.60 Å². The maximum atomic E-state index is 12.2. The van der Waals surface area contributed by atoms with Crippen molar-refractivity contribution in [3.8, 4) is 0 Å². The summed E-state index contributed by atoms with van der Waals surface area (Å²) in [7, 11) is -3.45. The summed E-state index contributed by atoms with van der Waals surface area (Å²) < 4.78 is 27.4. The number of ketones is 1. The maximum absolute atomic E-state index is 12.2. The predicted octanol–water partition coefficient (Wildman–Crippen LogP) is 2.80. The van der Waals surface area contributed by atoms with Crippen molar-refractivity contribution in [3.63, 3.8) is 0 Å². The van der Waals surface area contributed by atoms with E-state index in [1.165, 1.54) is 0 Å². The normalized spacial score (nSPS) is 26.1. The molecule has 0 spiro atoms. The number of carbonyl (C=O) groups excluding carboxylic acids is 2. The van der Waals surface area contributed by atoms with Crippen molar-refractivity contribution in [1.29, 1.82) is 0 Å². The molecule has 0 unspecified atom stereocenters. The third-order valence-electron chi connectivity index (χ3n) is 3.53. The van der Waals surface area contributed by atoms with E-state index < -0.39 is 25.1 Å². The van der Waals surface area contributed by atoms with Crippen molar-refractivity contribution in [3.05, 3.63) is 0 Å². The van der Waals surface area contributed by atoms with Crippen molar-refractivity contribution in [2.24, 2.45) is 11.3 Å². The highest BCUT2D eigenvalue weighted by Crippen LogP contribution is 2.48. The number of Topliss-reactive ketones (excluding diaryl/α,β-unsaturated/α-hetero) is 1. The van der Waals surface area contributed by atoms with Gasteiger partial charge in [0.2, 0.25) is 0 Å². The highest BCUT2D eigenvalue weighted by molar-refractivity contribution is 7.54. The molecule has 1 aliphatic carbocycles. The lowest BCUT2D eigenvalue weighted by atomic mass is 9.88. The van der Waals surface area contributed by atoms with Crippen molar-refractivity contribution >= 4 is 19.3 Å². The first-order chi connectivity index (χ1) is 9.74. The van der Waals surface area contributed by atoms with Crippen molar-refractivity contribution in [2.45, 2.75) is 40.5 Å². The van der Waals surface area contributed by atoms with Gasteiger partial charge in [-0.05, 0) is 33.1 Å². The molecule has 0 amide bonds. The van der Waals surface area contributed by atoms with E-state index in [2.05, 4.69) is 0 Å². The van der Waals surface area contributed by atoms with Gasteiger partial charge in [-0.1, -0.05) is 6.92 Å². The van der Waals surface area contributed by atoms with Gasteiger partial charge in [-0.25, -0.2) is 0 Å². The molecule has 1 aliphatic rings. The molecule has 122 valence electrons. The minimum absolute atomic E-state index is 0.0211. The predicted molar refractivity (Wildman–Crippen MR) is 78.2 cm³/mol. The molecule has 1 fully saturated rings. The zero-order chi connectivity index (χ0) is 16.1. The first-order valence-corrected chi connectivity index (χ1v) is 9.04. The molecule has 0 aromatic rings. The Morgan fingerprint density at radius 2 is 1.90 bits per heavy atom. The van der Waals surface area contributed by atoms with E-state index in [1.807, 2.05) is 6.92 Å². The Labute approximate surface area is 126 Å². The smallest absolute Gasteiger partial charge is 0.341 e. The first-order valence-electron chi connectivity index (χ1n) is 7.31. The lowest BCUT2D eigenvalue weighted by molar-refractivity contribution is -0.146. The van der Waals surface area contributed by atoms with Gasteiger partial charge in [0.1, 0.15) is 18.6 Å². The lowest BCUT2D eigenvalue weighted by Crippen LogP contribution is -2.30. The fourth-order valence-corrected chi connectivity index (χ4v) is 4.07. The van der Waals surface area contributed by atoms with Crippen LogP contribution in [0.2, 0.25) is 0 Å².